The van der Waals surface area contributed by atoms with Crippen molar-refractivity contribution in [1.29, 1.82) is 0 Å². The molecule has 3 atom stereocenters. The van der Waals surface area contributed by atoms with Gasteiger partial charge in [-0.2, -0.15) is 0 Å². The number of carbonyl (C=O) groups is 3. The van der Waals surface area contributed by atoms with E-state index in [1.54, 1.807) is 23.1 Å². The second-order valence-corrected chi connectivity index (χ2v) is 9.98. The van der Waals surface area contributed by atoms with Gasteiger partial charge in [0, 0.05) is 42.1 Å². The molecule has 6 nitrogen and oxygen atoms in total. The van der Waals surface area contributed by atoms with E-state index < -0.39 is 29.2 Å². The van der Waals surface area contributed by atoms with Crippen molar-refractivity contribution in [3.63, 3.8) is 0 Å². The highest BCUT2D eigenvalue weighted by atomic mass is 16.6. The van der Waals surface area contributed by atoms with Crippen molar-refractivity contribution in [1.82, 2.24) is 4.90 Å². The van der Waals surface area contributed by atoms with Gasteiger partial charge in [0.25, 0.3) is 0 Å². The minimum Gasteiger partial charge on any atom is -0.444 e. The van der Waals surface area contributed by atoms with Crippen LogP contribution < -0.4 is 4.90 Å². The number of hydrogen-bond donors (Lipinski definition) is 0. The lowest BCUT2D eigenvalue weighted by molar-refractivity contribution is -0.108. The summed E-state index contributed by atoms with van der Waals surface area (Å²) in [7, 11) is 0. The highest BCUT2D eigenvalue weighted by molar-refractivity contribution is 6.00. The Morgan fingerprint density at radius 3 is 2.47 bits per heavy atom. The Bertz CT molecular complexity index is 1090. The molecule has 6 heteroatoms. The van der Waals surface area contributed by atoms with Gasteiger partial charge in [0.1, 0.15) is 18.1 Å². The van der Waals surface area contributed by atoms with E-state index in [4.69, 9.17) is 4.74 Å². The van der Waals surface area contributed by atoms with Crippen LogP contribution in [0, 0.1) is 5.92 Å². The van der Waals surface area contributed by atoms with Crippen LogP contribution in [0.15, 0.2) is 67.3 Å². The molecule has 0 radical (unpaired) electrons. The Morgan fingerprint density at radius 2 is 1.82 bits per heavy atom. The molecule has 178 valence electrons. The number of amides is 1. The lowest BCUT2D eigenvalue weighted by Gasteiger charge is -2.41. The van der Waals surface area contributed by atoms with Crippen molar-refractivity contribution in [3.8, 4) is 0 Å². The molecule has 1 amide bonds. The predicted molar refractivity (Wildman–Crippen MR) is 132 cm³/mol. The molecule has 1 fully saturated rings. The van der Waals surface area contributed by atoms with E-state index in [-0.39, 0.29) is 12.2 Å². The summed E-state index contributed by atoms with van der Waals surface area (Å²) >= 11 is 0. The van der Waals surface area contributed by atoms with Gasteiger partial charge in [0.15, 0.2) is 5.78 Å². The molecule has 2 aromatic carbocycles. The topological polar surface area (TPSA) is 66.9 Å². The van der Waals surface area contributed by atoms with Crippen molar-refractivity contribution in [3.05, 3.63) is 78.4 Å². The fourth-order valence-electron chi connectivity index (χ4n) is 5.65. The van der Waals surface area contributed by atoms with Crippen LogP contribution in [0.3, 0.4) is 0 Å². The second kappa shape index (κ2) is 9.09. The first-order chi connectivity index (χ1) is 16.2. The van der Waals surface area contributed by atoms with Gasteiger partial charge in [-0.1, -0.05) is 54.6 Å². The smallest absolute Gasteiger partial charge is 0.411 e. The van der Waals surface area contributed by atoms with E-state index in [1.807, 2.05) is 63.2 Å². The number of Topliss-reactive ketones (excluding diaryl/α,β-unsaturated/α-hetero) is 1. The van der Waals surface area contributed by atoms with Crippen LogP contribution in [0.25, 0.3) is 0 Å². The fraction of sp³-hybridized carbons (Fsp3) is 0.393. The number of aldehydes is 1. The molecule has 1 saturated heterocycles. The highest BCUT2D eigenvalue weighted by Crippen LogP contribution is 2.57. The maximum absolute atomic E-state index is 13.9. The normalized spacial score (nSPS) is 22.0. The van der Waals surface area contributed by atoms with Crippen LogP contribution in [0.5, 0.6) is 0 Å². The SMILES string of the molecule is C=CCN1c2ccccc2[C@]2([C@@H](CC=O)C(=O)c3ccccc3)CCN(C(=O)OC(C)(C)C)[C@H]12. The third-order valence-electron chi connectivity index (χ3n) is 6.81. The van der Waals surface area contributed by atoms with E-state index in [2.05, 4.69) is 11.5 Å². The molecule has 2 aromatic rings. The largest absolute Gasteiger partial charge is 0.444 e. The van der Waals surface area contributed by atoms with Crippen molar-refractivity contribution in [2.24, 2.45) is 5.92 Å². The number of rotatable bonds is 7. The molecule has 0 aromatic heterocycles. The quantitative estimate of drug-likeness (QED) is 0.331. The van der Waals surface area contributed by atoms with Gasteiger partial charge in [0.2, 0.25) is 0 Å². The number of nitrogens with zero attached hydrogens (tertiary/aromatic N) is 2. The monoisotopic (exact) mass is 460 g/mol. The van der Waals surface area contributed by atoms with Gasteiger partial charge in [-0.3, -0.25) is 9.69 Å². The first-order valence-electron chi connectivity index (χ1n) is 11.7. The number of para-hydroxylation sites is 1. The Morgan fingerprint density at radius 1 is 1.15 bits per heavy atom. The molecule has 2 aliphatic heterocycles. The second-order valence-electron chi connectivity index (χ2n) is 9.98. The number of hydrogen-bond acceptors (Lipinski definition) is 5. The Hall–Kier alpha value is -3.41. The summed E-state index contributed by atoms with van der Waals surface area (Å²) in [5, 5.41) is 0. The van der Waals surface area contributed by atoms with Crippen LogP contribution in [0.1, 0.15) is 49.5 Å². The van der Waals surface area contributed by atoms with Gasteiger partial charge in [-0.25, -0.2) is 4.79 Å². The average molecular weight is 461 g/mol. The number of ketones is 1. The molecule has 0 unspecified atom stereocenters. The Balaban J connectivity index is 1.89. The number of ether oxygens (including phenoxy) is 1. The van der Waals surface area contributed by atoms with Gasteiger partial charge < -0.3 is 14.4 Å². The fourth-order valence-corrected chi connectivity index (χ4v) is 5.65. The molecule has 0 spiro atoms. The molecule has 2 heterocycles. The zero-order valence-electron chi connectivity index (χ0n) is 20.1. The summed E-state index contributed by atoms with van der Waals surface area (Å²) in [6.45, 7) is 10.4. The first kappa shape index (κ1) is 23.7. The van der Waals surface area contributed by atoms with E-state index in [0.717, 1.165) is 17.5 Å². The van der Waals surface area contributed by atoms with Crippen molar-refractivity contribution in [2.75, 3.05) is 18.0 Å². The summed E-state index contributed by atoms with van der Waals surface area (Å²) < 4.78 is 5.76. The molecule has 34 heavy (non-hydrogen) atoms. The molecule has 4 rings (SSSR count). The van der Waals surface area contributed by atoms with E-state index in [1.165, 1.54) is 0 Å². The number of anilines is 1. The average Bonchev–Trinajstić information content (AvgIpc) is 3.32. The molecule has 0 aliphatic carbocycles. The van der Waals surface area contributed by atoms with Gasteiger partial charge in [-0.05, 0) is 38.8 Å². The minimum absolute atomic E-state index is 0.0721. The van der Waals surface area contributed by atoms with Crippen molar-refractivity contribution in [2.45, 2.75) is 50.8 Å². The van der Waals surface area contributed by atoms with Crippen LogP contribution >= 0.6 is 0 Å². The van der Waals surface area contributed by atoms with Crippen LogP contribution in [0.2, 0.25) is 0 Å². The Labute approximate surface area is 201 Å². The number of carbonyl (C=O) groups excluding carboxylic acids is 3. The van der Waals surface area contributed by atoms with Gasteiger partial charge in [-0.15, -0.1) is 6.58 Å². The summed E-state index contributed by atoms with van der Waals surface area (Å²) in [6.07, 6.45) is 2.37. The minimum atomic E-state index is -0.746. The number of fused-ring (bicyclic) bond motifs is 3. The van der Waals surface area contributed by atoms with E-state index in [9.17, 15) is 14.4 Å². The zero-order valence-corrected chi connectivity index (χ0v) is 20.1. The number of benzene rings is 2. The lowest BCUT2D eigenvalue weighted by Crippen LogP contribution is -2.56. The molecule has 0 saturated carbocycles. The van der Waals surface area contributed by atoms with Gasteiger partial charge in [0.05, 0.1) is 0 Å². The molecule has 0 N–H and O–H groups in total. The first-order valence-corrected chi connectivity index (χ1v) is 11.7. The highest BCUT2D eigenvalue weighted by Gasteiger charge is 2.63. The van der Waals surface area contributed by atoms with Crippen LogP contribution in [-0.4, -0.2) is 47.9 Å². The van der Waals surface area contributed by atoms with Crippen LogP contribution in [-0.2, 0) is 14.9 Å². The Kier molecular flexibility index (Phi) is 6.34. The lowest BCUT2D eigenvalue weighted by atomic mass is 9.65. The van der Waals surface area contributed by atoms with E-state index in [0.29, 0.717) is 25.1 Å². The third kappa shape index (κ3) is 3.91. The molecule has 2 aliphatic rings. The van der Waals surface area contributed by atoms with E-state index >= 15 is 0 Å². The summed E-state index contributed by atoms with van der Waals surface area (Å²) in [5.41, 5.74) is 1.11. The summed E-state index contributed by atoms with van der Waals surface area (Å²) in [5.74, 6) is -0.709. The molecular weight excluding hydrogens is 428 g/mol. The van der Waals surface area contributed by atoms with Crippen molar-refractivity contribution < 1.29 is 19.1 Å². The van der Waals surface area contributed by atoms with Crippen LogP contribution in [0.4, 0.5) is 10.5 Å². The molecule has 0 bridgehead atoms. The third-order valence-corrected chi connectivity index (χ3v) is 6.81. The summed E-state index contributed by atoms with van der Waals surface area (Å²) in [4.78, 5) is 43.0. The summed E-state index contributed by atoms with van der Waals surface area (Å²) in [6, 6.07) is 17.0. The maximum Gasteiger partial charge on any atom is 0.411 e. The number of likely N-dealkylation sites (tertiary alicyclic amines) is 1. The van der Waals surface area contributed by atoms with Gasteiger partial charge >= 0.3 is 6.09 Å². The molecular formula is C28H32N2O4. The van der Waals surface area contributed by atoms with Crippen molar-refractivity contribution >= 4 is 23.9 Å². The zero-order chi connectivity index (χ0) is 24.5. The predicted octanol–water partition coefficient (Wildman–Crippen LogP) is 4.99. The standard InChI is InChI=1S/C28H32N2O4/c1-5-17-29-23-14-10-9-13-21(23)28(16-18-30(25(28)29)26(33)34-27(2,3)4)22(15-19-31)24(32)20-11-7-6-8-12-20/h5-14,19,22,25H,1,15-18H2,2-4H3/t22-,25-,28-/m0/s1. The maximum atomic E-state index is 13.9.